The zero-order valence-electron chi connectivity index (χ0n) is 35.1. The highest BCUT2D eigenvalue weighted by Crippen LogP contribution is 2.45. The van der Waals surface area contributed by atoms with Crippen LogP contribution in [0.4, 0.5) is 29.6 Å². The quantitative estimate of drug-likeness (QED) is 0.137. The van der Waals surface area contributed by atoms with Gasteiger partial charge in [0, 0.05) is 57.0 Å². The van der Waals surface area contributed by atoms with Crippen molar-refractivity contribution in [2.75, 3.05) is 50.4 Å². The van der Waals surface area contributed by atoms with Crippen LogP contribution in [0, 0.1) is 12.8 Å². The number of aromatic nitrogens is 3. The smallest absolute Gasteiger partial charge is 0.418 e. The number of fused-ring (bicyclic) bond motifs is 1. The van der Waals surface area contributed by atoms with Crippen molar-refractivity contribution in [3.8, 4) is 11.5 Å². The molecular weight excluding hydrogens is 786 g/mol. The molecule has 59 heavy (non-hydrogen) atoms. The third-order valence-electron chi connectivity index (χ3n) is 11.0. The van der Waals surface area contributed by atoms with E-state index in [1.54, 1.807) is 46.9 Å². The summed E-state index contributed by atoms with van der Waals surface area (Å²) < 4.78 is 87.9. The first-order chi connectivity index (χ1) is 27.6. The van der Waals surface area contributed by atoms with Crippen LogP contribution in [-0.2, 0) is 46.7 Å². The Balaban J connectivity index is 1.41. The number of ether oxygens (including phenoxy) is 3. The molecule has 0 bridgehead atoms. The predicted molar refractivity (Wildman–Crippen MR) is 219 cm³/mol. The number of sulfone groups is 1. The number of nitrogens with zero attached hydrogens (tertiary/aromatic N) is 6. The Bertz CT molecular complexity index is 2220. The average Bonchev–Trinajstić information content (AvgIpc) is 3.66. The molecule has 4 aromatic rings. The van der Waals surface area contributed by atoms with E-state index < -0.39 is 44.3 Å². The van der Waals surface area contributed by atoms with Gasteiger partial charge in [-0.3, -0.25) is 0 Å². The topological polar surface area (TPSA) is 127 Å². The third-order valence-corrected chi connectivity index (χ3v) is 11.8. The van der Waals surface area contributed by atoms with E-state index in [0.29, 0.717) is 67.0 Å². The molecule has 2 aromatic carbocycles. The molecule has 6 rings (SSSR count). The number of halogens is 3. The lowest BCUT2D eigenvalue weighted by Gasteiger charge is -2.36. The van der Waals surface area contributed by atoms with E-state index in [1.807, 2.05) is 65.3 Å². The predicted octanol–water partition coefficient (Wildman–Crippen LogP) is 7.79. The zero-order chi connectivity index (χ0) is 43.0. The second-order valence-electron chi connectivity index (χ2n) is 16.6. The molecule has 1 saturated heterocycles. The molecule has 1 aliphatic heterocycles. The van der Waals surface area contributed by atoms with E-state index in [0.717, 1.165) is 17.4 Å². The fraction of sp³-hybridized carbons (Fsp3) is 0.488. The SMILES string of the molecule is COc1ccc(CN(Cc2ccc(OC)cc2)c2cc(C)c(C(F)(F)F)c(C3Cc4nc(S(C)(=O)=O)nc(N(C)[C@@H]5CCN(C(=O)OC(C)(C)C)C5)c4CC3C)n2)cc1. The number of hydrogen-bond donors (Lipinski definition) is 0. The minimum Gasteiger partial charge on any atom is -0.497 e. The molecule has 2 aromatic heterocycles. The van der Waals surface area contributed by atoms with Crippen LogP contribution < -0.4 is 19.3 Å². The van der Waals surface area contributed by atoms with Crippen molar-refractivity contribution in [3.05, 3.63) is 93.8 Å². The van der Waals surface area contributed by atoms with Gasteiger partial charge in [0.05, 0.1) is 31.2 Å². The van der Waals surface area contributed by atoms with E-state index in [2.05, 4.69) is 9.97 Å². The van der Waals surface area contributed by atoms with Gasteiger partial charge in [-0.25, -0.2) is 28.2 Å². The van der Waals surface area contributed by atoms with Gasteiger partial charge in [-0.05, 0) is 99.9 Å². The van der Waals surface area contributed by atoms with E-state index >= 15 is 13.2 Å². The maximum atomic E-state index is 15.2. The summed E-state index contributed by atoms with van der Waals surface area (Å²) in [7, 11) is 1.02. The number of carbonyl (C=O) groups excluding carboxylic acids is 1. The van der Waals surface area contributed by atoms with E-state index in [-0.39, 0.29) is 36.1 Å². The minimum atomic E-state index is -4.72. The van der Waals surface area contributed by atoms with Crippen molar-refractivity contribution in [1.82, 2.24) is 19.9 Å². The number of pyridine rings is 1. The van der Waals surface area contributed by atoms with Crippen LogP contribution in [-0.4, -0.2) is 86.6 Å². The first-order valence-corrected chi connectivity index (χ1v) is 21.4. The Labute approximate surface area is 344 Å². The van der Waals surface area contributed by atoms with Gasteiger partial charge < -0.3 is 28.9 Å². The maximum absolute atomic E-state index is 15.2. The average molecular weight is 839 g/mol. The number of likely N-dealkylation sites (tertiary alicyclic amines) is 1. The highest BCUT2D eigenvalue weighted by Gasteiger charge is 2.43. The molecule has 0 radical (unpaired) electrons. The molecule has 2 unspecified atom stereocenters. The van der Waals surface area contributed by atoms with Gasteiger partial charge in [0.1, 0.15) is 28.7 Å². The van der Waals surface area contributed by atoms with E-state index in [1.165, 1.54) is 13.0 Å². The molecule has 12 nitrogen and oxygen atoms in total. The van der Waals surface area contributed by atoms with Crippen molar-refractivity contribution < 1.29 is 40.6 Å². The molecule has 2 aliphatic rings. The van der Waals surface area contributed by atoms with Crippen molar-refractivity contribution in [2.24, 2.45) is 5.92 Å². The molecule has 0 N–H and O–H groups in total. The highest BCUT2D eigenvalue weighted by atomic mass is 32.2. The number of alkyl halides is 3. The summed E-state index contributed by atoms with van der Waals surface area (Å²) in [6, 6.07) is 16.2. The fourth-order valence-electron chi connectivity index (χ4n) is 7.89. The Morgan fingerprint density at radius 2 is 1.49 bits per heavy atom. The number of aryl methyl sites for hydroxylation is 1. The second kappa shape index (κ2) is 16.9. The summed E-state index contributed by atoms with van der Waals surface area (Å²) in [6.45, 7) is 10.2. The minimum absolute atomic E-state index is 0.00696. The second-order valence-corrected chi connectivity index (χ2v) is 18.5. The Morgan fingerprint density at radius 1 is 0.915 bits per heavy atom. The Kier molecular flexibility index (Phi) is 12.4. The lowest BCUT2D eigenvalue weighted by Crippen LogP contribution is -2.40. The zero-order valence-corrected chi connectivity index (χ0v) is 35.9. The molecule has 1 amide bonds. The monoisotopic (exact) mass is 838 g/mol. The summed E-state index contributed by atoms with van der Waals surface area (Å²) in [5.41, 5.74) is 1.27. The number of amides is 1. The van der Waals surface area contributed by atoms with Crippen molar-refractivity contribution >= 4 is 27.6 Å². The number of carbonyl (C=O) groups is 1. The van der Waals surface area contributed by atoms with Gasteiger partial charge >= 0.3 is 12.3 Å². The number of rotatable bonds is 11. The Hall–Kier alpha value is -5.12. The van der Waals surface area contributed by atoms with Crippen LogP contribution in [0.3, 0.4) is 0 Å². The standard InChI is InChI=1S/C43H53F3N6O6S/c1-26-20-34-35(47-40(59(9,54)55)49-39(34)50(6)30-18-19-51(25-30)41(53)58-42(3,4)5)22-33(26)38-37(43(44,45)46)27(2)21-36(48-38)52(23-28-10-14-31(56-7)15-11-28)24-29-12-16-32(57-8)17-13-29/h10-17,21,26,30,33H,18-20,22-25H2,1-9H3/t26?,30-,33?/m1/s1. The number of benzene rings is 2. The first-order valence-electron chi connectivity index (χ1n) is 19.5. The fourth-order valence-corrected chi connectivity index (χ4v) is 8.42. The lowest BCUT2D eigenvalue weighted by molar-refractivity contribution is -0.139. The number of likely N-dealkylation sites (N-methyl/N-ethyl adjacent to an activating group) is 1. The van der Waals surface area contributed by atoms with Gasteiger partial charge in [-0.2, -0.15) is 13.2 Å². The van der Waals surface area contributed by atoms with Crippen LogP contribution >= 0.6 is 0 Å². The molecule has 1 aliphatic carbocycles. The maximum Gasteiger partial charge on any atom is 0.418 e. The van der Waals surface area contributed by atoms with Crippen LogP contribution in [0.1, 0.15) is 79.2 Å². The third kappa shape index (κ3) is 10.0. The van der Waals surface area contributed by atoms with Gasteiger partial charge in [-0.15, -0.1) is 0 Å². The molecule has 0 spiro atoms. The summed E-state index contributed by atoms with van der Waals surface area (Å²) in [6.07, 6.45) is -3.29. The molecule has 318 valence electrons. The first kappa shape index (κ1) is 43.5. The summed E-state index contributed by atoms with van der Waals surface area (Å²) >= 11 is 0. The van der Waals surface area contributed by atoms with Crippen molar-refractivity contribution in [3.63, 3.8) is 0 Å². The molecule has 16 heteroatoms. The van der Waals surface area contributed by atoms with Crippen LogP contribution in [0.2, 0.25) is 0 Å². The van der Waals surface area contributed by atoms with Gasteiger partial charge in [-0.1, -0.05) is 31.2 Å². The molecule has 3 heterocycles. The van der Waals surface area contributed by atoms with Crippen LogP contribution in [0.5, 0.6) is 11.5 Å². The molecule has 3 atom stereocenters. The van der Waals surface area contributed by atoms with E-state index in [4.69, 9.17) is 19.2 Å². The van der Waals surface area contributed by atoms with Gasteiger partial charge in [0.15, 0.2) is 0 Å². The van der Waals surface area contributed by atoms with Gasteiger partial charge in [0.2, 0.25) is 15.0 Å². The van der Waals surface area contributed by atoms with E-state index in [9.17, 15) is 13.2 Å². The number of hydrogen-bond acceptors (Lipinski definition) is 11. The summed E-state index contributed by atoms with van der Waals surface area (Å²) in [5, 5.41) is -0.410. The molecule has 0 saturated carbocycles. The summed E-state index contributed by atoms with van der Waals surface area (Å²) in [4.78, 5) is 32.3. The van der Waals surface area contributed by atoms with Crippen LogP contribution in [0.25, 0.3) is 0 Å². The van der Waals surface area contributed by atoms with Gasteiger partial charge in [0.25, 0.3) is 0 Å². The normalized spacial score (nSPS) is 18.3. The number of anilines is 2. The largest absolute Gasteiger partial charge is 0.497 e. The Morgan fingerprint density at radius 3 is 2.00 bits per heavy atom. The highest BCUT2D eigenvalue weighted by molar-refractivity contribution is 7.90. The number of methoxy groups -OCH3 is 2. The molecule has 1 fully saturated rings. The summed E-state index contributed by atoms with van der Waals surface area (Å²) in [5.74, 6) is 0.967. The van der Waals surface area contributed by atoms with Crippen LogP contribution in [0.15, 0.2) is 59.8 Å². The van der Waals surface area contributed by atoms with Crippen molar-refractivity contribution in [1.29, 1.82) is 0 Å². The lowest BCUT2D eigenvalue weighted by atomic mass is 9.75. The van der Waals surface area contributed by atoms with Crippen molar-refractivity contribution in [2.45, 2.75) is 95.9 Å². The molecular formula is C43H53F3N6O6S.